The average Bonchev–Trinajstić information content (AvgIpc) is 3.03. The van der Waals surface area contributed by atoms with Crippen LogP contribution in [0, 0.1) is 12.7 Å². The molecule has 0 unspecified atom stereocenters. The van der Waals surface area contributed by atoms with Crippen LogP contribution in [0.25, 0.3) is 21.8 Å². The van der Waals surface area contributed by atoms with Crippen LogP contribution in [0.4, 0.5) is 4.39 Å². The van der Waals surface area contributed by atoms with Crippen LogP contribution in [-0.4, -0.2) is 17.6 Å². The molecule has 1 aromatic heterocycles. The van der Waals surface area contributed by atoms with E-state index in [2.05, 4.69) is 8.86 Å². The molecule has 0 amide bonds. The molecule has 0 aliphatic rings. The van der Waals surface area contributed by atoms with Crippen molar-refractivity contribution >= 4 is 39.6 Å². The Morgan fingerprint density at radius 2 is 1.86 bits per heavy atom. The number of aryl methyl sites for hydroxylation is 1. The molecular formula is C22H17ClFNO3. The van der Waals surface area contributed by atoms with Gasteiger partial charge in [-0.25, -0.2) is 9.18 Å². The summed E-state index contributed by atoms with van der Waals surface area (Å²) in [5, 5.41) is 1.60. The molecule has 0 atom stereocenters. The molecule has 6 heteroatoms. The molecule has 4 rings (SSSR count). The van der Waals surface area contributed by atoms with Gasteiger partial charge in [-0.05, 0) is 42.3 Å². The summed E-state index contributed by atoms with van der Waals surface area (Å²) in [6.45, 7) is 2.35. The Balaban J connectivity index is 2.11. The number of ether oxygens (including phenoxy) is 1. The molecule has 4 nitrogen and oxygen atoms in total. The molecule has 0 spiro atoms. The third kappa shape index (κ3) is 2.88. The lowest BCUT2D eigenvalue weighted by Crippen LogP contribution is -2.05. The molecule has 0 N–H and O–H groups in total. The Morgan fingerprint density at radius 3 is 2.54 bits per heavy atom. The lowest BCUT2D eigenvalue weighted by atomic mass is 10.0. The summed E-state index contributed by atoms with van der Waals surface area (Å²) >= 11 is 5.39. The molecule has 0 saturated heterocycles. The average molecular weight is 398 g/mol. The summed E-state index contributed by atoms with van der Waals surface area (Å²) in [6.07, 6.45) is 0. The van der Waals surface area contributed by atoms with Crippen molar-refractivity contribution in [2.45, 2.75) is 13.5 Å². The largest absolute Gasteiger partial charge is 0.494 e. The number of carbonyl (C=O) groups is 1. The summed E-state index contributed by atoms with van der Waals surface area (Å²) in [7, 11) is 1.60. The van der Waals surface area contributed by atoms with Crippen LogP contribution in [0.3, 0.4) is 0 Å². The standard InChI is InChI=1S/C22H17ClFNO3/c1-13-11-17(22(26)28-23)19-16-5-3-4-6-18(16)25(20(19)21(13)27-2)12-14-7-9-15(24)10-8-14/h3-11H,12H2,1-2H3. The number of benzene rings is 3. The molecule has 1 heterocycles. The fraction of sp³-hybridized carbons (Fsp3) is 0.136. The van der Waals surface area contributed by atoms with E-state index in [0.717, 1.165) is 27.5 Å². The maximum atomic E-state index is 13.3. The Bertz CT molecular complexity index is 1200. The van der Waals surface area contributed by atoms with Gasteiger partial charge in [0.15, 0.2) is 0 Å². The van der Waals surface area contributed by atoms with Crippen LogP contribution in [0.15, 0.2) is 54.6 Å². The second-order valence-electron chi connectivity index (χ2n) is 6.59. The summed E-state index contributed by atoms with van der Waals surface area (Å²) < 4.78 is 25.6. The number of carbonyl (C=O) groups excluding carboxylic acids is 1. The van der Waals surface area contributed by atoms with Crippen molar-refractivity contribution < 1.29 is 18.2 Å². The fourth-order valence-electron chi connectivity index (χ4n) is 3.75. The van der Waals surface area contributed by atoms with Gasteiger partial charge in [0.25, 0.3) is 0 Å². The highest BCUT2D eigenvalue weighted by atomic mass is 35.5. The van der Waals surface area contributed by atoms with Gasteiger partial charge < -0.3 is 13.6 Å². The van der Waals surface area contributed by atoms with Crippen molar-refractivity contribution in [3.63, 3.8) is 0 Å². The van der Waals surface area contributed by atoms with Gasteiger partial charge in [0.1, 0.15) is 23.4 Å². The van der Waals surface area contributed by atoms with E-state index in [1.54, 1.807) is 25.3 Å². The zero-order valence-corrected chi connectivity index (χ0v) is 16.1. The van der Waals surface area contributed by atoms with Crippen molar-refractivity contribution in [3.8, 4) is 5.75 Å². The maximum absolute atomic E-state index is 13.3. The predicted octanol–water partition coefficient (Wildman–Crippen LogP) is 5.61. The van der Waals surface area contributed by atoms with E-state index in [-0.39, 0.29) is 5.82 Å². The van der Waals surface area contributed by atoms with Crippen molar-refractivity contribution in [1.82, 2.24) is 4.57 Å². The summed E-state index contributed by atoms with van der Waals surface area (Å²) in [6, 6.07) is 15.8. The predicted molar refractivity (Wildman–Crippen MR) is 108 cm³/mol. The van der Waals surface area contributed by atoms with E-state index in [1.165, 1.54) is 12.1 Å². The molecular weight excluding hydrogens is 381 g/mol. The van der Waals surface area contributed by atoms with Crippen LogP contribution in [0.1, 0.15) is 21.5 Å². The van der Waals surface area contributed by atoms with Crippen LogP contribution >= 0.6 is 11.9 Å². The highest BCUT2D eigenvalue weighted by Crippen LogP contribution is 2.40. The van der Waals surface area contributed by atoms with Crippen molar-refractivity contribution in [3.05, 3.63) is 77.1 Å². The molecule has 0 saturated carbocycles. The minimum Gasteiger partial charge on any atom is -0.494 e. The molecule has 0 radical (unpaired) electrons. The normalized spacial score (nSPS) is 11.1. The van der Waals surface area contributed by atoms with E-state index < -0.39 is 5.97 Å². The molecule has 0 aliphatic heterocycles. The fourth-order valence-corrected chi connectivity index (χ4v) is 3.83. The van der Waals surface area contributed by atoms with Crippen LogP contribution in [-0.2, 0) is 10.8 Å². The van der Waals surface area contributed by atoms with Gasteiger partial charge in [0, 0.05) is 22.8 Å². The second kappa shape index (κ2) is 7.17. The first-order chi connectivity index (χ1) is 13.5. The van der Waals surface area contributed by atoms with Crippen molar-refractivity contribution in [2.75, 3.05) is 7.11 Å². The van der Waals surface area contributed by atoms with Crippen LogP contribution in [0.2, 0.25) is 0 Å². The van der Waals surface area contributed by atoms with E-state index >= 15 is 0 Å². The Morgan fingerprint density at radius 1 is 1.14 bits per heavy atom. The van der Waals surface area contributed by atoms with Crippen molar-refractivity contribution in [2.24, 2.45) is 0 Å². The molecule has 0 fully saturated rings. The maximum Gasteiger partial charge on any atom is 0.356 e. The van der Waals surface area contributed by atoms with Crippen molar-refractivity contribution in [1.29, 1.82) is 0 Å². The number of rotatable bonds is 4. The number of fused-ring (bicyclic) bond motifs is 3. The van der Waals surface area contributed by atoms with Gasteiger partial charge >= 0.3 is 5.97 Å². The lowest BCUT2D eigenvalue weighted by Gasteiger charge is -2.14. The minimum absolute atomic E-state index is 0.286. The lowest BCUT2D eigenvalue weighted by molar-refractivity contribution is 0.0753. The Labute approximate surface area is 166 Å². The third-order valence-corrected chi connectivity index (χ3v) is 5.06. The number of aromatic nitrogens is 1. The van der Waals surface area contributed by atoms with E-state index in [4.69, 9.17) is 16.6 Å². The van der Waals surface area contributed by atoms with Gasteiger partial charge in [0.05, 0.1) is 18.2 Å². The number of nitrogens with zero attached hydrogens (tertiary/aromatic N) is 1. The number of methoxy groups -OCH3 is 1. The Hall–Kier alpha value is -3.05. The van der Waals surface area contributed by atoms with Gasteiger partial charge in [-0.15, -0.1) is 0 Å². The summed E-state index contributed by atoms with van der Waals surface area (Å²) in [4.78, 5) is 12.4. The highest BCUT2D eigenvalue weighted by molar-refractivity contribution is 6.23. The summed E-state index contributed by atoms with van der Waals surface area (Å²) in [5.41, 5.74) is 3.78. The topological polar surface area (TPSA) is 40.5 Å². The number of hydrogen-bond acceptors (Lipinski definition) is 3. The monoisotopic (exact) mass is 397 g/mol. The first-order valence-corrected chi connectivity index (χ1v) is 9.02. The van der Waals surface area contributed by atoms with E-state index in [9.17, 15) is 9.18 Å². The van der Waals surface area contributed by atoms with Gasteiger partial charge in [-0.2, -0.15) is 0 Å². The quantitative estimate of drug-likeness (QED) is 0.449. The zero-order chi connectivity index (χ0) is 19.8. The second-order valence-corrected chi connectivity index (χ2v) is 6.75. The van der Waals surface area contributed by atoms with Crippen LogP contribution in [0.5, 0.6) is 5.75 Å². The number of hydrogen-bond donors (Lipinski definition) is 0. The molecule has 0 bridgehead atoms. The smallest absolute Gasteiger partial charge is 0.356 e. The molecule has 0 aliphatic carbocycles. The minimum atomic E-state index is -0.623. The van der Waals surface area contributed by atoms with E-state index in [1.807, 2.05) is 31.2 Å². The molecule has 142 valence electrons. The number of halogens is 2. The summed E-state index contributed by atoms with van der Waals surface area (Å²) in [5.74, 6) is -0.243. The van der Waals surface area contributed by atoms with Gasteiger partial charge in [-0.1, -0.05) is 30.3 Å². The van der Waals surface area contributed by atoms with Crippen LogP contribution < -0.4 is 4.74 Å². The van der Waals surface area contributed by atoms with Gasteiger partial charge in [0.2, 0.25) is 0 Å². The zero-order valence-electron chi connectivity index (χ0n) is 15.3. The highest BCUT2D eigenvalue weighted by Gasteiger charge is 2.23. The first-order valence-electron chi connectivity index (χ1n) is 8.71. The van der Waals surface area contributed by atoms with E-state index in [0.29, 0.717) is 23.2 Å². The SMILES string of the molecule is COc1c(C)cc(C(=O)OCl)c2c3ccccc3n(Cc3ccc(F)cc3)c12. The van der Waals surface area contributed by atoms with Gasteiger partial charge in [-0.3, -0.25) is 0 Å². The number of para-hydroxylation sites is 1. The molecule has 28 heavy (non-hydrogen) atoms. The molecule has 4 aromatic rings. The Kier molecular flexibility index (Phi) is 4.69. The third-order valence-electron chi connectivity index (χ3n) is 4.92. The molecule has 3 aromatic carbocycles. The first kappa shape index (κ1) is 18.3.